The molecular weight excluding hydrogens is 562 g/mol. The number of ether oxygens (including phenoxy) is 3. The minimum atomic E-state index is -0.757. The van der Waals surface area contributed by atoms with E-state index in [-0.39, 0.29) is 45.7 Å². The number of carbonyl (C=O) groups excluding carboxylic acids is 3. The molecule has 1 aliphatic rings. The average Bonchev–Trinajstić information content (AvgIpc) is 3.24. The minimum Gasteiger partial charge on any atom is -0.497 e. The molecule has 208 valence electrons. The summed E-state index contributed by atoms with van der Waals surface area (Å²) in [4.78, 5) is 53.0. The predicted molar refractivity (Wildman–Crippen MR) is 153 cm³/mol. The molecule has 0 bridgehead atoms. The fourth-order valence-electron chi connectivity index (χ4n) is 4.51. The zero-order chi connectivity index (χ0) is 29.4. The molecule has 0 unspecified atom stereocenters. The number of carbonyl (C=O) groups is 3. The zero-order valence-electron chi connectivity index (χ0n) is 22.0. The molecule has 9 nitrogen and oxygen atoms in total. The molecule has 6 rings (SSSR count). The van der Waals surface area contributed by atoms with Crippen LogP contribution in [0.25, 0.3) is 11.0 Å². The number of rotatable bonds is 7. The molecule has 0 fully saturated rings. The number of esters is 1. The van der Waals surface area contributed by atoms with Gasteiger partial charge in [-0.25, -0.2) is 4.79 Å². The molecule has 2 amide bonds. The zero-order valence-corrected chi connectivity index (χ0v) is 22.7. The average molecular weight is 582 g/mol. The van der Waals surface area contributed by atoms with Crippen LogP contribution in [0, 0.1) is 0 Å². The van der Waals surface area contributed by atoms with Crippen molar-refractivity contribution in [1.82, 2.24) is 4.90 Å². The highest BCUT2D eigenvalue weighted by molar-refractivity contribution is 6.32. The molecule has 42 heavy (non-hydrogen) atoms. The molecule has 0 N–H and O–H groups in total. The molecule has 0 spiro atoms. The molecule has 2 heterocycles. The molecule has 0 saturated carbocycles. The first-order chi connectivity index (χ1) is 20.3. The smallest absolute Gasteiger partial charge is 0.343 e. The van der Waals surface area contributed by atoms with E-state index in [2.05, 4.69) is 0 Å². The summed E-state index contributed by atoms with van der Waals surface area (Å²) in [5.41, 5.74) is 0.864. The Morgan fingerprint density at radius 1 is 0.833 bits per heavy atom. The number of imide groups is 1. The Labute approximate surface area is 243 Å². The Morgan fingerprint density at radius 2 is 1.57 bits per heavy atom. The van der Waals surface area contributed by atoms with E-state index in [4.69, 9.17) is 30.2 Å². The Hall–Kier alpha value is -5.41. The largest absolute Gasteiger partial charge is 0.497 e. The van der Waals surface area contributed by atoms with Crippen LogP contribution in [0.2, 0.25) is 5.02 Å². The van der Waals surface area contributed by atoms with Crippen LogP contribution >= 0.6 is 11.6 Å². The van der Waals surface area contributed by atoms with E-state index >= 15 is 0 Å². The van der Waals surface area contributed by atoms with Crippen LogP contribution in [-0.4, -0.2) is 29.8 Å². The molecule has 0 radical (unpaired) electrons. The maximum Gasteiger partial charge on any atom is 0.343 e. The van der Waals surface area contributed by atoms with E-state index in [9.17, 15) is 19.2 Å². The SMILES string of the molecule is COc1ccc(CN2C(=O)c3ccc(C(=O)Oc4ccc5c(=O)c(Oc6ccccc6Cl)coc5c4)cc3C2=O)cc1. The third-order valence-electron chi connectivity index (χ3n) is 6.69. The van der Waals surface area contributed by atoms with Crippen LogP contribution in [0.15, 0.2) is 100 Å². The first-order valence-corrected chi connectivity index (χ1v) is 13.0. The Kier molecular flexibility index (Phi) is 6.93. The highest BCUT2D eigenvalue weighted by atomic mass is 35.5. The maximum atomic E-state index is 13.1. The van der Waals surface area contributed by atoms with Crippen molar-refractivity contribution in [2.24, 2.45) is 0 Å². The molecular formula is C32H20ClNO8. The van der Waals surface area contributed by atoms with Gasteiger partial charge in [-0.15, -0.1) is 0 Å². The second kappa shape index (κ2) is 10.9. The Balaban J connectivity index is 1.19. The fourth-order valence-corrected chi connectivity index (χ4v) is 4.69. The van der Waals surface area contributed by atoms with Gasteiger partial charge in [-0.1, -0.05) is 35.9 Å². The van der Waals surface area contributed by atoms with Crippen molar-refractivity contribution in [3.8, 4) is 23.0 Å². The van der Waals surface area contributed by atoms with Gasteiger partial charge in [0.15, 0.2) is 0 Å². The normalized spacial score (nSPS) is 12.4. The number of amides is 2. The Bertz CT molecular complexity index is 1950. The van der Waals surface area contributed by atoms with Crippen LogP contribution in [0.1, 0.15) is 36.6 Å². The van der Waals surface area contributed by atoms with Gasteiger partial charge in [0.2, 0.25) is 11.2 Å². The third kappa shape index (κ3) is 4.97. The molecule has 0 saturated heterocycles. The van der Waals surface area contributed by atoms with Crippen LogP contribution in [0.3, 0.4) is 0 Å². The summed E-state index contributed by atoms with van der Waals surface area (Å²) in [7, 11) is 1.55. The highest BCUT2D eigenvalue weighted by Gasteiger charge is 2.36. The summed E-state index contributed by atoms with van der Waals surface area (Å²) in [6, 6.07) is 22.2. The van der Waals surface area contributed by atoms with Gasteiger partial charge in [-0.3, -0.25) is 19.3 Å². The van der Waals surface area contributed by atoms with Crippen LogP contribution in [0.5, 0.6) is 23.0 Å². The first kappa shape index (κ1) is 26.8. The van der Waals surface area contributed by atoms with Gasteiger partial charge in [0.25, 0.3) is 11.8 Å². The van der Waals surface area contributed by atoms with Crippen molar-refractivity contribution in [2.45, 2.75) is 6.54 Å². The summed E-state index contributed by atoms with van der Waals surface area (Å²) in [5.74, 6) is -0.707. The molecule has 1 aromatic heterocycles. The third-order valence-corrected chi connectivity index (χ3v) is 7.00. The molecule has 10 heteroatoms. The van der Waals surface area contributed by atoms with Gasteiger partial charge in [0.05, 0.1) is 40.8 Å². The predicted octanol–water partition coefficient (Wildman–Crippen LogP) is 6.26. The van der Waals surface area contributed by atoms with E-state index < -0.39 is 23.2 Å². The lowest BCUT2D eigenvalue weighted by Gasteiger charge is -2.14. The molecule has 0 aliphatic carbocycles. The first-order valence-electron chi connectivity index (χ1n) is 12.7. The molecule has 1 aliphatic heterocycles. The van der Waals surface area contributed by atoms with E-state index in [1.807, 2.05) is 0 Å². The second-order valence-electron chi connectivity index (χ2n) is 9.31. The fraction of sp³-hybridized carbons (Fsp3) is 0.0625. The summed E-state index contributed by atoms with van der Waals surface area (Å²) >= 11 is 6.11. The van der Waals surface area contributed by atoms with Crippen molar-refractivity contribution in [3.05, 3.63) is 129 Å². The minimum absolute atomic E-state index is 0.0567. The highest BCUT2D eigenvalue weighted by Crippen LogP contribution is 2.30. The number of hydrogen-bond donors (Lipinski definition) is 0. The van der Waals surface area contributed by atoms with Crippen LogP contribution in [0.4, 0.5) is 0 Å². The van der Waals surface area contributed by atoms with Crippen LogP contribution < -0.4 is 19.6 Å². The van der Waals surface area contributed by atoms with Crippen molar-refractivity contribution >= 4 is 40.4 Å². The van der Waals surface area contributed by atoms with Gasteiger partial charge < -0.3 is 18.6 Å². The lowest BCUT2D eigenvalue weighted by atomic mass is 10.1. The number of hydrogen-bond acceptors (Lipinski definition) is 8. The van der Waals surface area contributed by atoms with Crippen molar-refractivity contribution in [3.63, 3.8) is 0 Å². The summed E-state index contributed by atoms with van der Waals surface area (Å²) in [6.45, 7) is 0.0730. The van der Waals surface area contributed by atoms with E-state index in [0.29, 0.717) is 16.5 Å². The van der Waals surface area contributed by atoms with Crippen molar-refractivity contribution in [2.75, 3.05) is 7.11 Å². The van der Waals surface area contributed by atoms with E-state index in [1.165, 1.54) is 36.4 Å². The summed E-state index contributed by atoms with van der Waals surface area (Å²) < 4.78 is 21.8. The summed E-state index contributed by atoms with van der Waals surface area (Å²) in [6.07, 6.45) is 1.15. The standard InChI is InChI=1S/C32H20ClNO8/c1-39-20-9-6-18(7-10-20)16-34-30(36)22-12-8-19(14-24(22)31(34)37)32(38)41-21-11-13-23-27(15-21)40-17-28(29(23)35)42-26-5-3-2-4-25(26)33/h2-15,17H,16H2,1H3. The molecule has 5 aromatic rings. The number of methoxy groups -OCH3 is 1. The molecule has 0 atom stereocenters. The number of benzene rings is 4. The quantitative estimate of drug-likeness (QED) is 0.126. The monoisotopic (exact) mass is 581 g/mol. The van der Waals surface area contributed by atoms with Crippen molar-refractivity contribution < 1.29 is 33.0 Å². The van der Waals surface area contributed by atoms with Gasteiger partial charge in [-0.2, -0.15) is 0 Å². The van der Waals surface area contributed by atoms with Gasteiger partial charge >= 0.3 is 5.97 Å². The lowest BCUT2D eigenvalue weighted by Crippen LogP contribution is -2.29. The molecule has 4 aromatic carbocycles. The summed E-state index contributed by atoms with van der Waals surface area (Å²) in [5, 5.41) is 0.541. The number of nitrogens with zero attached hydrogens (tertiary/aromatic N) is 1. The lowest BCUT2D eigenvalue weighted by molar-refractivity contribution is 0.0641. The number of para-hydroxylation sites is 1. The number of fused-ring (bicyclic) bond motifs is 2. The van der Waals surface area contributed by atoms with Gasteiger partial charge in [-0.05, 0) is 60.2 Å². The van der Waals surface area contributed by atoms with Gasteiger partial charge in [0.1, 0.15) is 29.1 Å². The topological polar surface area (TPSA) is 112 Å². The maximum absolute atomic E-state index is 13.1. The Morgan fingerprint density at radius 3 is 2.33 bits per heavy atom. The van der Waals surface area contributed by atoms with Crippen molar-refractivity contribution in [1.29, 1.82) is 0 Å². The van der Waals surface area contributed by atoms with E-state index in [0.717, 1.165) is 16.7 Å². The van der Waals surface area contributed by atoms with Crippen LogP contribution in [-0.2, 0) is 6.54 Å². The second-order valence-corrected chi connectivity index (χ2v) is 9.72. The number of halogens is 1. The van der Waals surface area contributed by atoms with Gasteiger partial charge in [0, 0.05) is 6.07 Å². The van der Waals surface area contributed by atoms with E-state index in [1.54, 1.807) is 55.6 Å².